The number of nitrogens with zero attached hydrogens (tertiary/aromatic N) is 2. The van der Waals surface area contributed by atoms with Gasteiger partial charge in [-0.3, -0.25) is 4.98 Å². The minimum atomic E-state index is 0.642. The Hall–Kier alpha value is -1.61. The predicted octanol–water partition coefficient (Wildman–Crippen LogP) is 2.70. The first-order chi connectivity index (χ1) is 6.83. The molecule has 2 rings (SSSR count). The van der Waals surface area contributed by atoms with E-state index in [9.17, 15) is 0 Å². The summed E-state index contributed by atoms with van der Waals surface area (Å²) in [7, 11) is 0. The second-order valence-corrected chi connectivity index (χ2v) is 3.19. The third kappa shape index (κ3) is 1.42. The molecule has 0 radical (unpaired) electrons. The van der Waals surface area contributed by atoms with Crippen LogP contribution >= 0.6 is 11.6 Å². The Kier molecular flexibility index (Phi) is 2.33. The summed E-state index contributed by atoms with van der Waals surface area (Å²) in [5.41, 5.74) is 1.48. The van der Waals surface area contributed by atoms with Crippen molar-refractivity contribution in [1.29, 1.82) is 0 Å². The zero-order valence-corrected chi connectivity index (χ0v) is 7.94. The standard InChI is InChI=1S/C10H7ClN2O/c11-9-4-3-7(6-13-14)10-8(9)2-1-5-12-10/h1-6,14H. The minimum Gasteiger partial charge on any atom is -0.411 e. The van der Waals surface area contributed by atoms with Crippen LogP contribution in [0.1, 0.15) is 5.56 Å². The van der Waals surface area contributed by atoms with E-state index in [4.69, 9.17) is 16.8 Å². The van der Waals surface area contributed by atoms with Crippen molar-refractivity contribution < 1.29 is 5.21 Å². The molecule has 0 unspecified atom stereocenters. The van der Waals surface area contributed by atoms with Gasteiger partial charge in [0.05, 0.1) is 16.8 Å². The molecule has 3 nitrogen and oxygen atoms in total. The number of hydrogen-bond donors (Lipinski definition) is 1. The van der Waals surface area contributed by atoms with Gasteiger partial charge in [-0.1, -0.05) is 16.8 Å². The first-order valence-electron chi connectivity index (χ1n) is 4.03. The maximum absolute atomic E-state index is 8.46. The van der Waals surface area contributed by atoms with E-state index in [1.54, 1.807) is 18.3 Å². The molecule has 0 amide bonds. The molecule has 4 heteroatoms. The molecular weight excluding hydrogens is 200 g/mol. The maximum Gasteiger partial charge on any atom is 0.0805 e. The number of fused-ring (bicyclic) bond motifs is 1. The van der Waals surface area contributed by atoms with E-state index in [1.165, 1.54) is 6.21 Å². The van der Waals surface area contributed by atoms with E-state index in [1.807, 2.05) is 12.1 Å². The quantitative estimate of drug-likeness (QED) is 0.443. The average Bonchev–Trinajstić information content (AvgIpc) is 2.23. The number of halogens is 1. The van der Waals surface area contributed by atoms with Crippen molar-refractivity contribution in [2.45, 2.75) is 0 Å². The normalized spacial score (nSPS) is 11.2. The fraction of sp³-hybridized carbons (Fsp3) is 0. The van der Waals surface area contributed by atoms with Crippen LogP contribution in [0.15, 0.2) is 35.6 Å². The molecule has 1 heterocycles. The van der Waals surface area contributed by atoms with E-state index in [2.05, 4.69) is 10.1 Å². The van der Waals surface area contributed by atoms with Crippen molar-refractivity contribution in [2.24, 2.45) is 5.16 Å². The highest BCUT2D eigenvalue weighted by molar-refractivity contribution is 6.35. The van der Waals surface area contributed by atoms with E-state index in [0.29, 0.717) is 5.02 Å². The Bertz CT molecular complexity index is 496. The summed E-state index contributed by atoms with van der Waals surface area (Å²) >= 11 is 5.98. The second kappa shape index (κ2) is 3.64. The third-order valence-electron chi connectivity index (χ3n) is 1.94. The molecule has 14 heavy (non-hydrogen) atoms. The number of hydrogen-bond acceptors (Lipinski definition) is 3. The van der Waals surface area contributed by atoms with Crippen LogP contribution in [0, 0.1) is 0 Å². The average molecular weight is 207 g/mol. The Morgan fingerprint density at radius 3 is 3.00 bits per heavy atom. The van der Waals surface area contributed by atoms with Gasteiger partial charge in [0.25, 0.3) is 0 Å². The lowest BCUT2D eigenvalue weighted by Crippen LogP contribution is -1.87. The van der Waals surface area contributed by atoms with Crippen LogP contribution < -0.4 is 0 Å². The first-order valence-corrected chi connectivity index (χ1v) is 4.41. The molecule has 0 bridgehead atoms. The van der Waals surface area contributed by atoms with Crippen LogP contribution in [-0.4, -0.2) is 16.4 Å². The molecule has 70 valence electrons. The number of benzene rings is 1. The molecule has 0 spiro atoms. The third-order valence-corrected chi connectivity index (χ3v) is 2.27. The second-order valence-electron chi connectivity index (χ2n) is 2.78. The van der Waals surface area contributed by atoms with Crippen molar-refractivity contribution >= 4 is 28.7 Å². The molecule has 0 aliphatic rings. The van der Waals surface area contributed by atoms with Crippen molar-refractivity contribution in [3.8, 4) is 0 Å². The van der Waals surface area contributed by atoms with E-state index < -0.39 is 0 Å². The SMILES string of the molecule is ON=Cc1ccc(Cl)c2cccnc12. The number of pyridine rings is 1. The first kappa shape index (κ1) is 8.97. The zero-order chi connectivity index (χ0) is 9.97. The van der Waals surface area contributed by atoms with E-state index in [0.717, 1.165) is 16.5 Å². The van der Waals surface area contributed by atoms with Gasteiger partial charge in [0.15, 0.2) is 0 Å². The van der Waals surface area contributed by atoms with Gasteiger partial charge in [0, 0.05) is 17.1 Å². The predicted molar refractivity (Wildman–Crippen MR) is 56.1 cm³/mol. The summed E-state index contributed by atoms with van der Waals surface area (Å²) in [5.74, 6) is 0. The molecule has 0 atom stereocenters. The Labute approximate surface area is 85.6 Å². The summed E-state index contributed by atoms with van der Waals surface area (Å²) in [6.45, 7) is 0. The van der Waals surface area contributed by atoms with Crippen molar-refractivity contribution in [3.05, 3.63) is 41.0 Å². The van der Waals surface area contributed by atoms with E-state index in [-0.39, 0.29) is 0 Å². The van der Waals surface area contributed by atoms with Crippen LogP contribution in [0.3, 0.4) is 0 Å². The zero-order valence-electron chi connectivity index (χ0n) is 7.18. The molecular formula is C10H7ClN2O. The number of aromatic nitrogens is 1. The fourth-order valence-corrected chi connectivity index (χ4v) is 1.54. The molecule has 0 saturated heterocycles. The molecule has 0 aliphatic heterocycles. The van der Waals surface area contributed by atoms with Crippen LogP contribution in [0.4, 0.5) is 0 Å². The van der Waals surface area contributed by atoms with Gasteiger partial charge >= 0.3 is 0 Å². The lowest BCUT2D eigenvalue weighted by molar-refractivity contribution is 0.322. The summed E-state index contributed by atoms with van der Waals surface area (Å²) < 4.78 is 0. The van der Waals surface area contributed by atoms with Gasteiger partial charge in [-0.15, -0.1) is 0 Å². The largest absolute Gasteiger partial charge is 0.411 e. The lowest BCUT2D eigenvalue weighted by Gasteiger charge is -2.01. The lowest BCUT2D eigenvalue weighted by atomic mass is 10.1. The Morgan fingerprint density at radius 2 is 2.21 bits per heavy atom. The minimum absolute atomic E-state index is 0.642. The highest BCUT2D eigenvalue weighted by Gasteiger charge is 2.03. The smallest absolute Gasteiger partial charge is 0.0805 e. The highest BCUT2D eigenvalue weighted by atomic mass is 35.5. The van der Waals surface area contributed by atoms with Crippen LogP contribution in [0.2, 0.25) is 5.02 Å². The topological polar surface area (TPSA) is 45.5 Å². The van der Waals surface area contributed by atoms with Gasteiger partial charge in [-0.05, 0) is 24.3 Å². The Morgan fingerprint density at radius 1 is 1.36 bits per heavy atom. The monoisotopic (exact) mass is 206 g/mol. The van der Waals surface area contributed by atoms with Crippen molar-refractivity contribution in [2.75, 3.05) is 0 Å². The van der Waals surface area contributed by atoms with Gasteiger partial charge in [0.1, 0.15) is 0 Å². The van der Waals surface area contributed by atoms with Crippen LogP contribution in [0.5, 0.6) is 0 Å². The molecule has 0 saturated carbocycles. The van der Waals surface area contributed by atoms with Gasteiger partial charge in [-0.25, -0.2) is 0 Å². The van der Waals surface area contributed by atoms with Crippen molar-refractivity contribution in [1.82, 2.24) is 4.98 Å². The molecule has 1 N–H and O–H groups in total. The fourth-order valence-electron chi connectivity index (χ4n) is 1.33. The summed E-state index contributed by atoms with van der Waals surface area (Å²) in [6, 6.07) is 7.20. The van der Waals surface area contributed by atoms with Gasteiger partial charge in [-0.2, -0.15) is 0 Å². The number of oxime groups is 1. The van der Waals surface area contributed by atoms with E-state index >= 15 is 0 Å². The van der Waals surface area contributed by atoms with Gasteiger partial charge in [0.2, 0.25) is 0 Å². The van der Waals surface area contributed by atoms with Crippen LogP contribution in [0.25, 0.3) is 10.9 Å². The molecule has 1 aromatic carbocycles. The molecule has 1 aromatic heterocycles. The summed E-state index contributed by atoms with van der Waals surface area (Å²) in [5, 5.41) is 12.9. The number of rotatable bonds is 1. The summed E-state index contributed by atoms with van der Waals surface area (Å²) in [6.07, 6.45) is 3.01. The molecule has 2 aromatic rings. The summed E-state index contributed by atoms with van der Waals surface area (Å²) in [4.78, 5) is 4.17. The molecule has 0 fully saturated rings. The maximum atomic E-state index is 8.46. The van der Waals surface area contributed by atoms with Gasteiger partial charge < -0.3 is 5.21 Å². The highest BCUT2D eigenvalue weighted by Crippen LogP contribution is 2.23. The Balaban J connectivity index is 2.81. The van der Waals surface area contributed by atoms with Crippen molar-refractivity contribution in [3.63, 3.8) is 0 Å². The molecule has 0 aliphatic carbocycles. The van der Waals surface area contributed by atoms with Crippen LogP contribution in [-0.2, 0) is 0 Å².